The summed E-state index contributed by atoms with van der Waals surface area (Å²) in [5.41, 5.74) is 2.81. The molecule has 6 heteroatoms. The summed E-state index contributed by atoms with van der Waals surface area (Å²) in [7, 11) is -3.10. The highest BCUT2D eigenvalue weighted by molar-refractivity contribution is 7.89. The van der Waals surface area contributed by atoms with Gasteiger partial charge in [-0.3, -0.25) is 4.90 Å². The van der Waals surface area contributed by atoms with Crippen molar-refractivity contribution in [3.05, 3.63) is 35.4 Å². The number of piperidine rings is 1. The predicted molar refractivity (Wildman–Crippen MR) is 87.3 cm³/mol. The van der Waals surface area contributed by atoms with E-state index in [4.69, 9.17) is 0 Å². The molecule has 21 heavy (non-hydrogen) atoms. The van der Waals surface area contributed by atoms with Crippen LogP contribution in [0.25, 0.3) is 0 Å². The Morgan fingerprint density at radius 1 is 1.29 bits per heavy atom. The van der Waals surface area contributed by atoms with Gasteiger partial charge < -0.3 is 0 Å². The molecule has 0 aromatic heterocycles. The van der Waals surface area contributed by atoms with Crippen LogP contribution in [0.2, 0.25) is 0 Å². The summed E-state index contributed by atoms with van der Waals surface area (Å²) in [4.78, 5) is 2.50. The Bertz CT molecular complexity index is 591. The summed E-state index contributed by atoms with van der Waals surface area (Å²) in [6, 6.07) is 9.03. The van der Waals surface area contributed by atoms with Crippen molar-refractivity contribution < 1.29 is 8.42 Å². The molecular weight excluding hydrogens is 308 g/mol. The van der Waals surface area contributed by atoms with Crippen molar-refractivity contribution in [3.8, 4) is 0 Å². The largest absolute Gasteiger partial charge is 0.296 e. The lowest BCUT2D eigenvalue weighted by molar-refractivity contribution is 0.122. The molecule has 118 valence electrons. The van der Waals surface area contributed by atoms with Crippen molar-refractivity contribution in [2.75, 3.05) is 18.8 Å². The molecule has 0 amide bonds. The van der Waals surface area contributed by atoms with Crippen LogP contribution in [-0.4, -0.2) is 38.2 Å². The van der Waals surface area contributed by atoms with E-state index in [1.54, 1.807) is 6.92 Å². The average Bonchev–Trinajstić information content (AvgIpc) is 2.47. The van der Waals surface area contributed by atoms with Gasteiger partial charge in [0, 0.05) is 25.2 Å². The molecule has 1 aromatic rings. The fraction of sp³-hybridized carbons (Fsp3) is 0.600. The van der Waals surface area contributed by atoms with E-state index in [2.05, 4.69) is 33.9 Å². The normalized spacial score (nSPS) is 25.6. The quantitative estimate of drug-likeness (QED) is 0.923. The second-order valence-electron chi connectivity index (χ2n) is 5.74. The molecule has 2 heterocycles. The van der Waals surface area contributed by atoms with Crippen LogP contribution >= 0.6 is 12.4 Å². The molecule has 0 spiro atoms. The summed E-state index contributed by atoms with van der Waals surface area (Å²) in [6.45, 7) is 3.76. The van der Waals surface area contributed by atoms with Gasteiger partial charge in [-0.15, -0.1) is 12.4 Å². The summed E-state index contributed by atoms with van der Waals surface area (Å²) < 4.78 is 26.4. The van der Waals surface area contributed by atoms with E-state index in [1.807, 2.05) is 0 Å². The molecule has 1 aromatic carbocycles. The minimum Gasteiger partial charge on any atom is -0.296 e. The van der Waals surface area contributed by atoms with Gasteiger partial charge in [-0.25, -0.2) is 13.1 Å². The first kappa shape index (κ1) is 16.7. The minimum atomic E-state index is -3.10. The molecule has 0 unspecified atom stereocenters. The van der Waals surface area contributed by atoms with Crippen molar-refractivity contribution in [2.45, 2.75) is 38.3 Å². The Morgan fingerprint density at radius 2 is 2.05 bits per heavy atom. The molecule has 2 atom stereocenters. The van der Waals surface area contributed by atoms with Crippen LogP contribution in [0.4, 0.5) is 0 Å². The van der Waals surface area contributed by atoms with Gasteiger partial charge in [0.15, 0.2) is 0 Å². The second kappa shape index (κ2) is 6.65. The average molecular weight is 331 g/mol. The number of halogens is 1. The lowest BCUT2D eigenvalue weighted by atomic mass is 9.85. The Balaban J connectivity index is 0.00000161. The third-order valence-corrected chi connectivity index (χ3v) is 5.97. The van der Waals surface area contributed by atoms with Gasteiger partial charge in [-0.2, -0.15) is 0 Å². The van der Waals surface area contributed by atoms with E-state index in [1.165, 1.54) is 11.1 Å². The first-order chi connectivity index (χ1) is 9.59. The molecule has 4 nitrogen and oxygen atoms in total. The van der Waals surface area contributed by atoms with Gasteiger partial charge >= 0.3 is 0 Å². The smallest absolute Gasteiger partial charge is 0.211 e. The summed E-state index contributed by atoms with van der Waals surface area (Å²) >= 11 is 0. The molecule has 3 rings (SSSR count). The van der Waals surface area contributed by atoms with Gasteiger partial charge in [0.05, 0.1) is 5.75 Å². The van der Waals surface area contributed by atoms with Gasteiger partial charge in [0.25, 0.3) is 0 Å². The standard InChI is InChI=1S/C15H22N2O2S.ClH/c1-2-20(18,19)16-13-8-10-17-9-7-12-5-3-4-6-14(12)15(17)11-13;/h3-6,13,15-16H,2,7-11H2,1H3;1H/t13-,15-;/m0./s1. The van der Waals surface area contributed by atoms with Crippen LogP contribution in [0.3, 0.4) is 0 Å². The highest BCUT2D eigenvalue weighted by Crippen LogP contribution is 2.36. The molecule has 2 aliphatic heterocycles. The van der Waals surface area contributed by atoms with Crippen LogP contribution < -0.4 is 4.72 Å². The number of benzene rings is 1. The summed E-state index contributed by atoms with van der Waals surface area (Å²) in [5, 5.41) is 0. The maximum atomic E-state index is 11.7. The van der Waals surface area contributed by atoms with Crippen LogP contribution in [0.15, 0.2) is 24.3 Å². The van der Waals surface area contributed by atoms with E-state index in [-0.39, 0.29) is 24.2 Å². The lowest BCUT2D eigenvalue weighted by Crippen LogP contribution is -2.48. The number of rotatable bonds is 3. The molecule has 1 N–H and O–H groups in total. The predicted octanol–water partition coefficient (Wildman–Crippen LogP) is 2.11. The molecule has 0 radical (unpaired) electrons. The molecule has 0 saturated carbocycles. The number of nitrogens with one attached hydrogen (secondary N) is 1. The van der Waals surface area contributed by atoms with Crippen molar-refractivity contribution in [2.24, 2.45) is 0 Å². The number of fused-ring (bicyclic) bond motifs is 3. The van der Waals surface area contributed by atoms with Crippen LogP contribution in [0.1, 0.15) is 36.9 Å². The zero-order chi connectivity index (χ0) is 14.2. The van der Waals surface area contributed by atoms with Crippen LogP contribution in [-0.2, 0) is 16.4 Å². The van der Waals surface area contributed by atoms with Crippen molar-refractivity contribution in [3.63, 3.8) is 0 Å². The summed E-state index contributed by atoms with van der Waals surface area (Å²) in [5.74, 6) is 0.161. The highest BCUT2D eigenvalue weighted by atomic mass is 35.5. The molecule has 2 aliphatic rings. The van der Waals surface area contributed by atoms with Gasteiger partial charge in [-0.05, 0) is 37.3 Å². The monoisotopic (exact) mass is 330 g/mol. The van der Waals surface area contributed by atoms with Crippen LogP contribution in [0.5, 0.6) is 0 Å². The maximum Gasteiger partial charge on any atom is 0.211 e. The Hall–Kier alpha value is -0.620. The van der Waals surface area contributed by atoms with E-state index < -0.39 is 10.0 Å². The van der Waals surface area contributed by atoms with Gasteiger partial charge in [0.1, 0.15) is 0 Å². The van der Waals surface area contributed by atoms with E-state index in [9.17, 15) is 8.42 Å². The first-order valence-corrected chi connectivity index (χ1v) is 9.06. The highest BCUT2D eigenvalue weighted by Gasteiger charge is 2.34. The fourth-order valence-corrected chi connectivity index (χ4v) is 4.29. The van der Waals surface area contributed by atoms with Crippen molar-refractivity contribution in [1.29, 1.82) is 0 Å². The molecule has 1 saturated heterocycles. The fourth-order valence-electron chi connectivity index (χ4n) is 3.40. The van der Waals surface area contributed by atoms with Crippen molar-refractivity contribution >= 4 is 22.4 Å². The zero-order valence-corrected chi connectivity index (χ0v) is 13.9. The lowest BCUT2D eigenvalue weighted by Gasteiger charge is -2.43. The van der Waals surface area contributed by atoms with E-state index in [0.29, 0.717) is 6.04 Å². The topological polar surface area (TPSA) is 49.4 Å². The minimum absolute atomic E-state index is 0. The van der Waals surface area contributed by atoms with Crippen molar-refractivity contribution in [1.82, 2.24) is 9.62 Å². The van der Waals surface area contributed by atoms with E-state index in [0.717, 1.165) is 32.4 Å². The second-order valence-corrected chi connectivity index (χ2v) is 7.79. The Kier molecular flexibility index (Phi) is 5.30. The van der Waals surface area contributed by atoms with E-state index >= 15 is 0 Å². The number of hydrogen-bond acceptors (Lipinski definition) is 3. The number of sulfonamides is 1. The Labute approximate surface area is 133 Å². The first-order valence-electron chi connectivity index (χ1n) is 7.41. The van der Waals surface area contributed by atoms with Gasteiger partial charge in [-0.1, -0.05) is 24.3 Å². The maximum absolute atomic E-state index is 11.7. The molecule has 0 aliphatic carbocycles. The molecule has 0 bridgehead atoms. The zero-order valence-electron chi connectivity index (χ0n) is 12.3. The third kappa shape index (κ3) is 3.59. The van der Waals surface area contributed by atoms with Crippen LogP contribution in [0, 0.1) is 0 Å². The Morgan fingerprint density at radius 3 is 2.81 bits per heavy atom. The third-order valence-electron chi connectivity index (χ3n) is 4.52. The molecule has 1 fully saturated rings. The molecular formula is C15H23ClN2O2S. The summed E-state index contributed by atoms with van der Waals surface area (Å²) in [6.07, 6.45) is 2.91. The number of hydrogen-bond donors (Lipinski definition) is 1. The SMILES string of the molecule is CCS(=O)(=O)N[C@H]1CCN2CCc3ccccc3[C@@H]2C1.Cl. The number of nitrogens with zero attached hydrogens (tertiary/aromatic N) is 1. The van der Waals surface area contributed by atoms with Gasteiger partial charge in [0.2, 0.25) is 10.0 Å².